The molecule has 3 aromatic rings. The van der Waals surface area contributed by atoms with Gasteiger partial charge in [0.2, 0.25) is 11.9 Å². The highest BCUT2D eigenvalue weighted by Gasteiger charge is 2.12. The van der Waals surface area contributed by atoms with E-state index in [4.69, 9.17) is 15.2 Å². The number of hydrogen-bond acceptors (Lipinski definition) is 10. The first-order valence-corrected chi connectivity index (χ1v) is 10.6. The largest absolute Gasteiger partial charge is 0.378 e. The fourth-order valence-corrected chi connectivity index (χ4v) is 2.85. The van der Waals surface area contributed by atoms with E-state index in [1.165, 1.54) is 24.3 Å². The maximum atomic E-state index is 13.2. The number of nitro groups is 1. The number of hydrogen-bond donors (Lipinski definition) is 3. The van der Waals surface area contributed by atoms with E-state index < -0.39 is 4.92 Å². The minimum Gasteiger partial charge on any atom is -0.378 e. The van der Waals surface area contributed by atoms with E-state index in [9.17, 15) is 14.5 Å². The molecule has 0 saturated carbocycles. The molecular formula is C22H26FN7O4. The highest BCUT2D eigenvalue weighted by molar-refractivity contribution is 5.61. The molecule has 4 N–H and O–H groups in total. The molecule has 3 rings (SSSR count). The summed E-state index contributed by atoms with van der Waals surface area (Å²) in [5.74, 6) is 0.482. The highest BCUT2D eigenvalue weighted by atomic mass is 19.1. The van der Waals surface area contributed by atoms with Crippen molar-refractivity contribution in [1.29, 1.82) is 0 Å². The first-order chi connectivity index (χ1) is 16.5. The monoisotopic (exact) mass is 471 g/mol. The second-order valence-corrected chi connectivity index (χ2v) is 7.03. The van der Waals surface area contributed by atoms with Crippen LogP contribution in [-0.2, 0) is 16.0 Å². The van der Waals surface area contributed by atoms with Gasteiger partial charge in [-0.2, -0.15) is 15.0 Å². The first-order valence-electron chi connectivity index (χ1n) is 10.6. The molecule has 0 amide bonds. The number of nitrogens with two attached hydrogens (primary N) is 1. The van der Waals surface area contributed by atoms with Gasteiger partial charge in [-0.25, -0.2) is 4.39 Å². The van der Waals surface area contributed by atoms with Gasteiger partial charge < -0.3 is 25.8 Å². The van der Waals surface area contributed by atoms with E-state index in [-0.39, 0.29) is 29.2 Å². The summed E-state index contributed by atoms with van der Waals surface area (Å²) in [4.78, 5) is 23.8. The Balaban J connectivity index is 1.70. The molecule has 0 saturated heterocycles. The van der Waals surface area contributed by atoms with Crippen molar-refractivity contribution in [3.05, 3.63) is 70.0 Å². The van der Waals surface area contributed by atoms with Gasteiger partial charge in [-0.1, -0.05) is 24.3 Å². The van der Waals surface area contributed by atoms with Crippen LogP contribution in [0.25, 0.3) is 11.4 Å². The van der Waals surface area contributed by atoms with Gasteiger partial charge in [0.1, 0.15) is 5.82 Å². The third-order valence-corrected chi connectivity index (χ3v) is 4.48. The van der Waals surface area contributed by atoms with E-state index in [0.29, 0.717) is 51.6 Å². The minimum atomic E-state index is -0.480. The molecular weight excluding hydrogens is 445 g/mol. The topological polar surface area (TPSA) is 150 Å². The number of nitro benzene ring substituents is 1. The Hall–Kier alpha value is -3.74. The van der Waals surface area contributed by atoms with Gasteiger partial charge in [0.25, 0.3) is 5.69 Å². The molecule has 34 heavy (non-hydrogen) atoms. The van der Waals surface area contributed by atoms with Crippen LogP contribution in [0.2, 0.25) is 0 Å². The zero-order chi connectivity index (χ0) is 24.2. The number of halogens is 1. The van der Waals surface area contributed by atoms with Crippen molar-refractivity contribution in [2.75, 3.05) is 50.2 Å². The zero-order valence-corrected chi connectivity index (χ0v) is 18.4. The lowest BCUT2D eigenvalue weighted by atomic mass is 10.2. The number of ether oxygens (including phenoxy) is 2. The van der Waals surface area contributed by atoms with Crippen LogP contribution < -0.4 is 16.4 Å². The van der Waals surface area contributed by atoms with Crippen molar-refractivity contribution >= 4 is 17.6 Å². The number of benzene rings is 2. The fourth-order valence-electron chi connectivity index (χ4n) is 2.85. The molecule has 2 aromatic carbocycles. The van der Waals surface area contributed by atoms with Crippen molar-refractivity contribution in [2.45, 2.75) is 6.54 Å². The molecule has 0 radical (unpaired) electrons. The van der Waals surface area contributed by atoms with Crippen LogP contribution in [-0.4, -0.2) is 59.4 Å². The summed E-state index contributed by atoms with van der Waals surface area (Å²) in [6.45, 7) is 3.00. The quantitative estimate of drug-likeness (QED) is 0.182. The first kappa shape index (κ1) is 24.9. The smallest absolute Gasteiger partial charge is 0.270 e. The van der Waals surface area contributed by atoms with E-state index in [0.717, 1.165) is 5.56 Å². The molecule has 1 heterocycles. The van der Waals surface area contributed by atoms with Crippen molar-refractivity contribution in [1.82, 2.24) is 15.0 Å². The number of aromatic nitrogens is 3. The maximum absolute atomic E-state index is 13.2. The van der Waals surface area contributed by atoms with Crippen molar-refractivity contribution in [3.63, 3.8) is 0 Å². The average Bonchev–Trinajstić information content (AvgIpc) is 2.85. The number of nitrogens with zero attached hydrogens (tertiary/aromatic N) is 4. The zero-order valence-electron chi connectivity index (χ0n) is 18.4. The van der Waals surface area contributed by atoms with Crippen LogP contribution in [0.4, 0.5) is 22.0 Å². The van der Waals surface area contributed by atoms with Crippen LogP contribution in [0, 0.1) is 15.9 Å². The Morgan fingerprint density at radius 3 is 2.35 bits per heavy atom. The summed E-state index contributed by atoms with van der Waals surface area (Å²) in [7, 11) is 0. The number of anilines is 2. The van der Waals surface area contributed by atoms with Gasteiger partial charge in [-0.05, 0) is 17.7 Å². The highest BCUT2D eigenvalue weighted by Crippen LogP contribution is 2.22. The van der Waals surface area contributed by atoms with Gasteiger partial charge >= 0.3 is 0 Å². The average molecular weight is 471 g/mol. The predicted molar refractivity (Wildman–Crippen MR) is 125 cm³/mol. The second kappa shape index (κ2) is 13.1. The molecule has 1 aromatic heterocycles. The standard InChI is InChI=1S/C22H26FN7O4/c23-18-6-4-16(5-7-18)15-26-22-28-20(17-2-1-3-19(14-17)30(31)32)27-21(29-22)25-9-11-34-13-12-33-10-8-24/h1-7,14H,8-13,15,24H2,(H2,25,26,27,28,29). The van der Waals surface area contributed by atoms with E-state index in [1.807, 2.05) is 0 Å². The lowest BCUT2D eigenvalue weighted by Crippen LogP contribution is -2.16. The van der Waals surface area contributed by atoms with Crippen LogP contribution in [0.1, 0.15) is 5.56 Å². The van der Waals surface area contributed by atoms with Gasteiger partial charge in [-0.15, -0.1) is 0 Å². The van der Waals surface area contributed by atoms with Gasteiger partial charge in [0.05, 0.1) is 31.4 Å². The molecule has 0 aliphatic carbocycles. The van der Waals surface area contributed by atoms with Gasteiger partial charge in [-0.3, -0.25) is 10.1 Å². The van der Waals surface area contributed by atoms with Crippen molar-refractivity contribution in [2.24, 2.45) is 5.73 Å². The third kappa shape index (κ3) is 7.99. The molecule has 0 atom stereocenters. The van der Waals surface area contributed by atoms with Crippen LogP contribution in [0.3, 0.4) is 0 Å². The second-order valence-electron chi connectivity index (χ2n) is 7.03. The third-order valence-electron chi connectivity index (χ3n) is 4.48. The van der Waals surface area contributed by atoms with E-state index in [1.54, 1.807) is 24.3 Å². The van der Waals surface area contributed by atoms with Gasteiger partial charge in [0.15, 0.2) is 5.82 Å². The molecule has 0 spiro atoms. The van der Waals surface area contributed by atoms with E-state index in [2.05, 4.69) is 25.6 Å². The fraction of sp³-hybridized carbons (Fsp3) is 0.318. The Morgan fingerprint density at radius 2 is 1.65 bits per heavy atom. The van der Waals surface area contributed by atoms with Crippen molar-refractivity contribution < 1.29 is 18.8 Å². The molecule has 0 aliphatic rings. The summed E-state index contributed by atoms with van der Waals surface area (Å²) < 4.78 is 23.9. The lowest BCUT2D eigenvalue weighted by molar-refractivity contribution is -0.384. The Kier molecular flexibility index (Phi) is 9.58. The SMILES string of the molecule is NCCOCCOCCNc1nc(NCc2ccc(F)cc2)nc(-c2cccc([N+](=O)[O-])c2)n1. The molecule has 0 unspecified atom stereocenters. The van der Waals surface area contributed by atoms with Crippen LogP contribution in [0.15, 0.2) is 48.5 Å². The number of nitrogens with one attached hydrogen (secondary N) is 2. The van der Waals surface area contributed by atoms with E-state index >= 15 is 0 Å². The Bertz CT molecular complexity index is 1070. The molecule has 0 fully saturated rings. The number of rotatable bonds is 14. The molecule has 0 aliphatic heterocycles. The Labute approximate surface area is 195 Å². The normalized spacial score (nSPS) is 10.8. The Morgan fingerprint density at radius 1 is 0.941 bits per heavy atom. The molecule has 0 bridgehead atoms. The summed E-state index contributed by atoms with van der Waals surface area (Å²) in [6, 6.07) is 12.1. The molecule has 11 nitrogen and oxygen atoms in total. The van der Waals surface area contributed by atoms with Crippen LogP contribution >= 0.6 is 0 Å². The van der Waals surface area contributed by atoms with Crippen LogP contribution in [0.5, 0.6) is 0 Å². The summed E-state index contributed by atoms with van der Waals surface area (Å²) >= 11 is 0. The molecule has 180 valence electrons. The molecule has 12 heteroatoms. The maximum Gasteiger partial charge on any atom is 0.270 e. The summed E-state index contributed by atoms with van der Waals surface area (Å²) in [6.07, 6.45) is 0. The lowest BCUT2D eigenvalue weighted by Gasteiger charge is -2.11. The number of non-ortho nitro benzene ring substituents is 1. The minimum absolute atomic E-state index is 0.0708. The predicted octanol–water partition coefficient (Wildman–Crippen LogP) is 2.60. The summed E-state index contributed by atoms with van der Waals surface area (Å²) in [5, 5.41) is 17.3. The van der Waals surface area contributed by atoms with Gasteiger partial charge in [0, 0.05) is 37.3 Å². The van der Waals surface area contributed by atoms with Crippen molar-refractivity contribution in [3.8, 4) is 11.4 Å². The summed E-state index contributed by atoms with van der Waals surface area (Å²) in [5.41, 5.74) is 6.59.